The summed E-state index contributed by atoms with van der Waals surface area (Å²) < 4.78 is 15.2. The number of benzene rings is 1. The third-order valence-corrected chi connectivity index (χ3v) is 5.45. The number of hydrogen-bond donors (Lipinski definition) is 1. The molecule has 0 bridgehead atoms. The summed E-state index contributed by atoms with van der Waals surface area (Å²) in [5.41, 5.74) is 2.06. The molecule has 6 nitrogen and oxygen atoms in total. The predicted octanol–water partition coefficient (Wildman–Crippen LogP) is 3.61. The minimum atomic E-state index is -0.386. The van der Waals surface area contributed by atoms with Gasteiger partial charge in [0, 0.05) is 17.3 Å². The number of aromatic nitrogens is 5. The van der Waals surface area contributed by atoms with Gasteiger partial charge in [-0.15, -0.1) is 21.5 Å². The topological polar surface area (TPSA) is 82.5 Å². The number of thioether (sulfide) groups is 1. The molecule has 0 spiro atoms. The van der Waals surface area contributed by atoms with Crippen LogP contribution in [0.25, 0.3) is 22.1 Å². The lowest BCUT2D eigenvalue weighted by Gasteiger charge is -2.03. The monoisotopic (exact) mass is 384 g/mol. The number of rotatable bonds is 5. The second-order valence-corrected chi connectivity index (χ2v) is 7.10. The van der Waals surface area contributed by atoms with E-state index in [-0.39, 0.29) is 11.6 Å². The van der Waals surface area contributed by atoms with E-state index in [0.29, 0.717) is 16.5 Å². The number of nitrogens with two attached hydrogens (primary N) is 1. The molecule has 0 aliphatic carbocycles. The maximum Gasteiger partial charge on any atom is 0.210 e. The summed E-state index contributed by atoms with van der Waals surface area (Å²) in [5.74, 6) is 6.52. The number of halogens is 1. The fourth-order valence-corrected chi connectivity index (χ4v) is 3.97. The number of thiazole rings is 1. The van der Waals surface area contributed by atoms with E-state index in [0.717, 1.165) is 16.4 Å². The van der Waals surface area contributed by atoms with Crippen molar-refractivity contribution < 1.29 is 4.39 Å². The average molecular weight is 384 g/mol. The van der Waals surface area contributed by atoms with Crippen molar-refractivity contribution in [2.75, 3.05) is 5.84 Å². The SMILES string of the molecule is Nn1c(SCc2csc(-c3ccccn3)n2)nnc1-c1ccccc1F. The quantitative estimate of drug-likeness (QED) is 0.418. The van der Waals surface area contributed by atoms with E-state index in [1.165, 1.54) is 33.8 Å². The van der Waals surface area contributed by atoms with Gasteiger partial charge in [-0.2, -0.15) is 0 Å². The Balaban J connectivity index is 1.50. The second-order valence-electron chi connectivity index (χ2n) is 5.30. The molecule has 3 heterocycles. The van der Waals surface area contributed by atoms with Gasteiger partial charge in [0.15, 0.2) is 5.82 Å². The molecule has 0 saturated heterocycles. The van der Waals surface area contributed by atoms with Crippen molar-refractivity contribution in [2.24, 2.45) is 0 Å². The van der Waals surface area contributed by atoms with Gasteiger partial charge in [-0.25, -0.2) is 14.1 Å². The van der Waals surface area contributed by atoms with Crippen LogP contribution in [0.4, 0.5) is 4.39 Å². The average Bonchev–Trinajstić information content (AvgIpc) is 3.28. The molecule has 4 aromatic rings. The third kappa shape index (κ3) is 3.31. The van der Waals surface area contributed by atoms with Crippen molar-refractivity contribution in [3.8, 4) is 22.1 Å². The van der Waals surface area contributed by atoms with E-state index < -0.39 is 0 Å². The Hall–Kier alpha value is -2.78. The lowest BCUT2D eigenvalue weighted by Crippen LogP contribution is -2.12. The van der Waals surface area contributed by atoms with E-state index in [2.05, 4.69) is 20.2 Å². The lowest BCUT2D eigenvalue weighted by atomic mass is 10.2. The summed E-state index contributed by atoms with van der Waals surface area (Å²) >= 11 is 2.93. The van der Waals surface area contributed by atoms with Gasteiger partial charge in [-0.3, -0.25) is 4.98 Å². The molecule has 0 saturated carbocycles. The molecule has 1 aromatic carbocycles. The van der Waals surface area contributed by atoms with Gasteiger partial charge < -0.3 is 5.84 Å². The Labute approximate surface area is 156 Å². The van der Waals surface area contributed by atoms with Crippen molar-refractivity contribution in [3.05, 3.63) is 65.6 Å². The summed E-state index contributed by atoms with van der Waals surface area (Å²) in [6.45, 7) is 0. The molecule has 26 heavy (non-hydrogen) atoms. The van der Waals surface area contributed by atoms with Crippen LogP contribution in [0.1, 0.15) is 5.69 Å². The standard InChI is InChI=1S/C17H13FN6S2/c18-13-6-2-1-5-12(13)15-22-23-17(24(15)19)26-10-11-9-25-16(21-11)14-7-3-4-8-20-14/h1-9H,10,19H2. The van der Waals surface area contributed by atoms with Crippen LogP contribution >= 0.6 is 23.1 Å². The van der Waals surface area contributed by atoms with Gasteiger partial charge in [-0.05, 0) is 24.3 Å². The molecule has 3 aromatic heterocycles. The minimum absolute atomic E-state index is 0.290. The Bertz CT molecular complexity index is 1030. The zero-order chi connectivity index (χ0) is 17.9. The predicted molar refractivity (Wildman–Crippen MR) is 100 cm³/mol. The summed E-state index contributed by atoms with van der Waals surface area (Å²) in [5, 5.41) is 11.4. The number of nitrogens with zero attached hydrogens (tertiary/aromatic N) is 5. The van der Waals surface area contributed by atoms with Crippen LogP contribution in [0.5, 0.6) is 0 Å². The molecule has 0 unspecified atom stereocenters. The first-order valence-electron chi connectivity index (χ1n) is 7.66. The highest BCUT2D eigenvalue weighted by Gasteiger charge is 2.16. The first-order chi connectivity index (χ1) is 12.7. The highest BCUT2D eigenvalue weighted by atomic mass is 32.2. The number of nitrogen functional groups attached to an aromatic ring is 1. The van der Waals surface area contributed by atoms with Gasteiger partial charge in [0.2, 0.25) is 5.16 Å². The van der Waals surface area contributed by atoms with E-state index in [9.17, 15) is 4.39 Å². The first kappa shape index (κ1) is 16.7. The summed E-state index contributed by atoms with van der Waals surface area (Å²) in [7, 11) is 0. The van der Waals surface area contributed by atoms with Gasteiger partial charge in [0.05, 0.1) is 17.0 Å². The molecule has 0 aliphatic rings. The van der Waals surface area contributed by atoms with Crippen LogP contribution in [0, 0.1) is 5.82 Å². The molecule has 2 N–H and O–H groups in total. The summed E-state index contributed by atoms with van der Waals surface area (Å²) in [6, 6.07) is 12.1. The molecule has 0 radical (unpaired) electrons. The number of pyridine rings is 1. The number of hydrogen-bond acceptors (Lipinski definition) is 7. The van der Waals surface area contributed by atoms with Crippen LogP contribution in [0.3, 0.4) is 0 Å². The van der Waals surface area contributed by atoms with E-state index >= 15 is 0 Å². The van der Waals surface area contributed by atoms with E-state index in [1.807, 2.05) is 23.6 Å². The van der Waals surface area contributed by atoms with Crippen LogP contribution in [0.2, 0.25) is 0 Å². The molecule has 0 fully saturated rings. The molecule has 130 valence electrons. The van der Waals surface area contributed by atoms with Crippen molar-refractivity contribution >= 4 is 23.1 Å². The molecule has 4 rings (SSSR count). The van der Waals surface area contributed by atoms with Crippen LogP contribution < -0.4 is 5.84 Å². The van der Waals surface area contributed by atoms with Crippen LogP contribution in [-0.4, -0.2) is 24.8 Å². The van der Waals surface area contributed by atoms with Crippen molar-refractivity contribution in [1.82, 2.24) is 24.8 Å². The molecule has 0 atom stereocenters. The van der Waals surface area contributed by atoms with Gasteiger partial charge in [0.1, 0.15) is 10.8 Å². The molecule has 0 amide bonds. The summed E-state index contributed by atoms with van der Waals surface area (Å²) in [4.78, 5) is 8.88. The Morgan fingerprint density at radius 1 is 1.12 bits per heavy atom. The first-order valence-corrected chi connectivity index (χ1v) is 9.53. The molecular weight excluding hydrogens is 371 g/mol. The third-order valence-electron chi connectivity index (χ3n) is 3.56. The van der Waals surface area contributed by atoms with E-state index in [4.69, 9.17) is 5.84 Å². The Morgan fingerprint density at radius 3 is 2.77 bits per heavy atom. The Morgan fingerprint density at radius 2 is 1.96 bits per heavy atom. The fourth-order valence-electron chi connectivity index (χ4n) is 2.32. The highest BCUT2D eigenvalue weighted by molar-refractivity contribution is 7.98. The van der Waals surface area contributed by atoms with Crippen molar-refractivity contribution in [3.63, 3.8) is 0 Å². The second kappa shape index (κ2) is 7.22. The maximum atomic E-state index is 13.9. The fraction of sp³-hybridized carbons (Fsp3) is 0.0588. The van der Waals surface area contributed by atoms with Crippen LogP contribution in [-0.2, 0) is 5.75 Å². The van der Waals surface area contributed by atoms with Gasteiger partial charge in [-0.1, -0.05) is 30.0 Å². The maximum absolute atomic E-state index is 13.9. The largest absolute Gasteiger partial charge is 0.335 e. The zero-order valence-corrected chi connectivity index (χ0v) is 15.0. The smallest absolute Gasteiger partial charge is 0.210 e. The Kier molecular flexibility index (Phi) is 4.63. The van der Waals surface area contributed by atoms with E-state index in [1.54, 1.807) is 24.4 Å². The normalized spacial score (nSPS) is 11.0. The lowest BCUT2D eigenvalue weighted by molar-refractivity contribution is 0.629. The van der Waals surface area contributed by atoms with Crippen LogP contribution in [0.15, 0.2) is 59.2 Å². The van der Waals surface area contributed by atoms with Crippen molar-refractivity contribution in [1.29, 1.82) is 0 Å². The molecule has 9 heteroatoms. The van der Waals surface area contributed by atoms with Gasteiger partial charge in [0.25, 0.3) is 0 Å². The summed E-state index contributed by atoms with van der Waals surface area (Å²) in [6.07, 6.45) is 1.74. The minimum Gasteiger partial charge on any atom is -0.335 e. The zero-order valence-electron chi connectivity index (χ0n) is 13.4. The molecule has 0 aliphatic heterocycles. The van der Waals surface area contributed by atoms with Crippen molar-refractivity contribution in [2.45, 2.75) is 10.9 Å². The highest BCUT2D eigenvalue weighted by Crippen LogP contribution is 2.28. The molecular formula is C17H13FN6S2. The van der Waals surface area contributed by atoms with Gasteiger partial charge >= 0.3 is 0 Å².